The zero-order valence-corrected chi connectivity index (χ0v) is 14.4. The molecule has 0 aliphatic heterocycles. The first-order chi connectivity index (χ1) is 10.0. The van der Waals surface area contributed by atoms with Gasteiger partial charge >= 0.3 is 0 Å². The fraction of sp³-hybridized carbons (Fsp3) is 0.500. The predicted octanol–water partition coefficient (Wildman–Crippen LogP) is 3.25. The molecule has 0 unspecified atom stereocenters. The first-order valence-electron chi connectivity index (χ1n) is 6.65. The first kappa shape index (κ1) is 16.7. The van der Waals surface area contributed by atoms with Crippen molar-refractivity contribution in [2.24, 2.45) is 0 Å². The van der Waals surface area contributed by atoms with E-state index < -0.39 is 0 Å². The van der Waals surface area contributed by atoms with Crippen LogP contribution in [0.15, 0.2) is 16.6 Å². The summed E-state index contributed by atoms with van der Waals surface area (Å²) in [6.45, 7) is 2.76. The average Bonchev–Trinajstić information content (AvgIpc) is 2.76. The van der Waals surface area contributed by atoms with E-state index in [9.17, 15) is 4.39 Å². The summed E-state index contributed by atoms with van der Waals surface area (Å²) in [6.07, 6.45) is 0. The minimum absolute atomic E-state index is 0.283. The maximum absolute atomic E-state index is 13.6. The highest BCUT2D eigenvalue weighted by atomic mass is 79.9. The van der Waals surface area contributed by atoms with Crippen LogP contribution in [0.25, 0.3) is 11.0 Å². The van der Waals surface area contributed by atoms with Crippen molar-refractivity contribution in [3.8, 4) is 0 Å². The van der Waals surface area contributed by atoms with Gasteiger partial charge in [0.1, 0.15) is 11.6 Å². The minimum Gasteiger partial charge on any atom is -0.378 e. The number of aromatic nitrogens is 2. The van der Waals surface area contributed by atoms with Crippen LogP contribution < -0.4 is 0 Å². The Hall–Kier alpha value is -0.690. The second-order valence-corrected chi connectivity index (χ2v) is 6.11. The summed E-state index contributed by atoms with van der Waals surface area (Å²) in [5, 5.41) is 0. The fourth-order valence-corrected chi connectivity index (χ4v) is 2.56. The van der Waals surface area contributed by atoms with Crippen LogP contribution in [0.4, 0.5) is 4.39 Å². The van der Waals surface area contributed by atoms with E-state index in [-0.39, 0.29) is 11.7 Å². The summed E-state index contributed by atoms with van der Waals surface area (Å²) in [5.41, 5.74) is 1.47. The molecule has 0 N–H and O–H groups in total. The normalized spacial score (nSPS) is 11.7. The molecule has 0 aliphatic rings. The highest BCUT2D eigenvalue weighted by molar-refractivity contribution is 9.10. The van der Waals surface area contributed by atoms with Crippen molar-refractivity contribution < 1.29 is 9.13 Å². The van der Waals surface area contributed by atoms with Crippen LogP contribution >= 0.6 is 27.5 Å². The van der Waals surface area contributed by atoms with Gasteiger partial charge in [0, 0.05) is 19.2 Å². The van der Waals surface area contributed by atoms with Gasteiger partial charge in [-0.1, -0.05) is 0 Å². The monoisotopic (exact) mass is 377 g/mol. The molecule has 7 heteroatoms. The van der Waals surface area contributed by atoms with Gasteiger partial charge in [-0.05, 0) is 36.1 Å². The molecule has 0 radical (unpaired) electrons. The van der Waals surface area contributed by atoms with Crippen LogP contribution in [-0.2, 0) is 17.2 Å². The molecule has 2 rings (SSSR count). The van der Waals surface area contributed by atoms with Gasteiger partial charge in [-0.15, -0.1) is 11.6 Å². The minimum atomic E-state index is -0.324. The molecule has 0 atom stereocenters. The maximum atomic E-state index is 13.6. The van der Waals surface area contributed by atoms with Gasteiger partial charge in [-0.3, -0.25) is 0 Å². The number of ether oxygens (including phenoxy) is 1. The smallest absolute Gasteiger partial charge is 0.139 e. The van der Waals surface area contributed by atoms with Gasteiger partial charge in [0.15, 0.2) is 0 Å². The van der Waals surface area contributed by atoms with E-state index in [2.05, 4.69) is 25.8 Å². The summed E-state index contributed by atoms with van der Waals surface area (Å²) >= 11 is 9.13. The Bertz CT molecular complexity index is 618. The third kappa shape index (κ3) is 4.16. The van der Waals surface area contributed by atoms with Crippen LogP contribution in [0.5, 0.6) is 0 Å². The zero-order valence-electron chi connectivity index (χ0n) is 12.1. The van der Waals surface area contributed by atoms with Crippen LogP contribution in [-0.4, -0.2) is 48.3 Å². The lowest BCUT2D eigenvalue weighted by atomic mass is 10.3. The third-order valence-corrected chi connectivity index (χ3v) is 3.98. The molecule has 4 nitrogen and oxygen atoms in total. The highest BCUT2D eigenvalue weighted by Gasteiger charge is 2.12. The molecule has 2 aromatic rings. The predicted molar refractivity (Wildman–Crippen MR) is 86.3 cm³/mol. The molecule has 1 aromatic carbocycles. The van der Waals surface area contributed by atoms with E-state index in [1.807, 2.05) is 18.7 Å². The second-order valence-electron chi connectivity index (χ2n) is 4.98. The molecule has 116 valence electrons. The van der Waals surface area contributed by atoms with E-state index in [1.165, 1.54) is 6.07 Å². The standard InChI is InChI=1S/C14H18BrClFN3O/c1-19(2)3-5-21-6-4-20-13-7-10(15)11(17)8-12(13)18-14(20)9-16/h7-8H,3-6,9H2,1-2H3. The Morgan fingerprint density at radius 1 is 1.38 bits per heavy atom. The molecular weight excluding hydrogens is 361 g/mol. The topological polar surface area (TPSA) is 30.3 Å². The Balaban J connectivity index is 2.12. The van der Waals surface area contributed by atoms with Gasteiger partial charge in [0.2, 0.25) is 0 Å². The number of benzene rings is 1. The highest BCUT2D eigenvalue weighted by Crippen LogP contribution is 2.24. The number of likely N-dealkylation sites (N-methyl/N-ethyl adjacent to an activating group) is 1. The SMILES string of the molecule is CN(C)CCOCCn1c(CCl)nc2cc(F)c(Br)cc21. The lowest BCUT2D eigenvalue weighted by molar-refractivity contribution is 0.111. The quantitative estimate of drug-likeness (QED) is 0.547. The lowest BCUT2D eigenvalue weighted by Gasteiger charge is -2.11. The van der Waals surface area contributed by atoms with E-state index in [0.29, 0.717) is 29.7 Å². The number of halogens is 3. The Morgan fingerprint density at radius 3 is 2.81 bits per heavy atom. The van der Waals surface area contributed by atoms with Crippen molar-refractivity contribution >= 4 is 38.6 Å². The fourth-order valence-electron chi connectivity index (χ4n) is 2.03. The van der Waals surface area contributed by atoms with Crippen LogP contribution in [0.3, 0.4) is 0 Å². The van der Waals surface area contributed by atoms with Crippen molar-refractivity contribution in [1.29, 1.82) is 0 Å². The van der Waals surface area contributed by atoms with Crippen molar-refractivity contribution in [3.05, 3.63) is 28.2 Å². The average molecular weight is 379 g/mol. The maximum Gasteiger partial charge on any atom is 0.139 e. The van der Waals surface area contributed by atoms with Crippen molar-refractivity contribution in [3.63, 3.8) is 0 Å². The van der Waals surface area contributed by atoms with E-state index in [4.69, 9.17) is 16.3 Å². The molecule has 1 heterocycles. The van der Waals surface area contributed by atoms with Gasteiger partial charge in [0.05, 0.1) is 34.6 Å². The lowest BCUT2D eigenvalue weighted by Crippen LogP contribution is -2.19. The molecule has 0 saturated carbocycles. The summed E-state index contributed by atoms with van der Waals surface area (Å²) in [5.74, 6) is 0.682. The van der Waals surface area contributed by atoms with Gasteiger partial charge in [0.25, 0.3) is 0 Å². The van der Waals surface area contributed by atoms with Crippen molar-refractivity contribution in [1.82, 2.24) is 14.5 Å². The Labute approximate surface area is 137 Å². The molecule has 0 amide bonds. The number of hydrogen-bond acceptors (Lipinski definition) is 3. The molecule has 21 heavy (non-hydrogen) atoms. The Morgan fingerprint density at radius 2 is 2.14 bits per heavy atom. The largest absolute Gasteiger partial charge is 0.378 e. The van der Waals surface area contributed by atoms with E-state index in [1.54, 1.807) is 6.07 Å². The zero-order chi connectivity index (χ0) is 15.4. The molecule has 0 spiro atoms. The molecule has 0 aliphatic carbocycles. The molecule has 0 saturated heterocycles. The van der Waals surface area contributed by atoms with Crippen molar-refractivity contribution in [2.75, 3.05) is 33.9 Å². The second kappa shape index (κ2) is 7.54. The number of fused-ring (bicyclic) bond motifs is 1. The summed E-state index contributed by atoms with van der Waals surface area (Å²) < 4.78 is 21.6. The third-order valence-electron chi connectivity index (χ3n) is 3.13. The molecule has 0 fully saturated rings. The van der Waals surface area contributed by atoms with E-state index >= 15 is 0 Å². The molecule has 1 aromatic heterocycles. The first-order valence-corrected chi connectivity index (χ1v) is 7.98. The van der Waals surface area contributed by atoms with Crippen LogP contribution in [0.2, 0.25) is 0 Å². The summed E-state index contributed by atoms with van der Waals surface area (Å²) in [6, 6.07) is 3.15. The van der Waals surface area contributed by atoms with Gasteiger partial charge in [-0.2, -0.15) is 0 Å². The Kier molecular flexibility index (Phi) is 5.98. The molecule has 0 bridgehead atoms. The van der Waals surface area contributed by atoms with Gasteiger partial charge in [-0.25, -0.2) is 9.37 Å². The molecular formula is C14H18BrClFN3O. The number of nitrogens with zero attached hydrogens (tertiary/aromatic N) is 3. The van der Waals surface area contributed by atoms with Crippen LogP contribution in [0.1, 0.15) is 5.82 Å². The summed E-state index contributed by atoms with van der Waals surface area (Å²) in [7, 11) is 4.01. The van der Waals surface area contributed by atoms with Crippen molar-refractivity contribution in [2.45, 2.75) is 12.4 Å². The van der Waals surface area contributed by atoms with Gasteiger partial charge < -0.3 is 14.2 Å². The summed E-state index contributed by atoms with van der Waals surface area (Å²) in [4.78, 5) is 6.43. The number of alkyl halides is 1. The van der Waals surface area contributed by atoms with Crippen LogP contribution in [0, 0.1) is 5.82 Å². The number of imidazole rings is 1. The van der Waals surface area contributed by atoms with E-state index in [0.717, 1.165) is 17.9 Å². The number of rotatable bonds is 7. The number of hydrogen-bond donors (Lipinski definition) is 0.